The van der Waals surface area contributed by atoms with E-state index in [0.717, 1.165) is 14.8 Å². The van der Waals surface area contributed by atoms with Crippen LogP contribution in [0.15, 0.2) is 60.7 Å². The molecule has 1 aliphatic heterocycles. The number of piperazine rings is 1. The van der Waals surface area contributed by atoms with Gasteiger partial charge in [-0.25, -0.2) is 4.79 Å². The van der Waals surface area contributed by atoms with Gasteiger partial charge in [0.1, 0.15) is 12.4 Å². The van der Waals surface area contributed by atoms with Crippen molar-refractivity contribution in [2.45, 2.75) is 18.6 Å². The predicted octanol–water partition coefficient (Wildman–Crippen LogP) is 5.47. The van der Waals surface area contributed by atoms with Crippen LogP contribution in [0.2, 0.25) is 0 Å². The van der Waals surface area contributed by atoms with Crippen LogP contribution in [0.1, 0.15) is 28.2 Å². The fourth-order valence-electron chi connectivity index (χ4n) is 5.07. The van der Waals surface area contributed by atoms with Crippen LogP contribution in [0.3, 0.4) is 0 Å². The van der Waals surface area contributed by atoms with Crippen molar-refractivity contribution in [2.24, 2.45) is 0 Å². The lowest BCUT2D eigenvalue weighted by atomic mass is 9.98. The van der Waals surface area contributed by atoms with Crippen LogP contribution in [-0.2, 0) is 20.7 Å². The molecule has 1 fully saturated rings. The van der Waals surface area contributed by atoms with E-state index in [9.17, 15) is 17.1 Å². The summed E-state index contributed by atoms with van der Waals surface area (Å²) >= 11 is 2.14. The number of fused-ring (bicyclic) bond motifs is 3. The molecular formula is C27H26FIN2O4S. The number of anilines is 1. The van der Waals surface area contributed by atoms with Crippen LogP contribution in [0, 0.1) is 10.5 Å². The van der Waals surface area contributed by atoms with Crippen molar-refractivity contribution in [1.82, 2.24) is 4.90 Å². The van der Waals surface area contributed by atoms with Crippen molar-refractivity contribution >= 4 is 44.6 Å². The minimum atomic E-state index is -4.63. The highest BCUT2D eigenvalue weighted by molar-refractivity contribution is 14.1. The van der Waals surface area contributed by atoms with Gasteiger partial charge < -0.3 is 14.5 Å². The Kier molecular flexibility index (Phi) is 6.95. The Bertz CT molecular complexity index is 1380. The van der Waals surface area contributed by atoms with Crippen molar-refractivity contribution in [3.05, 3.63) is 86.5 Å². The highest BCUT2D eigenvalue weighted by Gasteiger charge is 2.30. The molecule has 0 bridgehead atoms. The third-order valence-electron chi connectivity index (χ3n) is 7.00. The molecule has 1 amide bonds. The molecule has 0 saturated carbocycles. The number of benzene rings is 3. The summed E-state index contributed by atoms with van der Waals surface area (Å²) in [5.41, 5.74) is 6.78. The van der Waals surface area contributed by atoms with Crippen LogP contribution in [0.4, 0.5) is 14.4 Å². The van der Waals surface area contributed by atoms with Gasteiger partial charge in [-0.1, -0.05) is 48.5 Å². The van der Waals surface area contributed by atoms with E-state index in [4.69, 9.17) is 4.74 Å². The molecule has 0 radical (unpaired) electrons. The summed E-state index contributed by atoms with van der Waals surface area (Å²) in [7, 11) is -4.63. The first kappa shape index (κ1) is 25.0. The van der Waals surface area contributed by atoms with E-state index in [-0.39, 0.29) is 18.6 Å². The Labute approximate surface area is 224 Å². The Balaban J connectivity index is 1.22. The topological polar surface area (TPSA) is 66.9 Å². The monoisotopic (exact) mass is 620 g/mol. The average Bonchev–Trinajstić information content (AvgIpc) is 3.18. The predicted molar refractivity (Wildman–Crippen MR) is 146 cm³/mol. The zero-order valence-corrected chi connectivity index (χ0v) is 22.8. The van der Waals surface area contributed by atoms with Gasteiger partial charge in [0.15, 0.2) is 0 Å². The van der Waals surface area contributed by atoms with Gasteiger partial charge in [-0.3, -0.25) is 0 Å². The maximum absolute atomic E-state index is 13.3. The fourth-order valence-corrected chi connectivity index (χ4v) is 6.41. The van der Waals surface area contributed by atoms with Crippen molar-refractivity contribution in [2.75, 3.05) is 37.7 Å². The molecule has 2 aliphatic rings. The lowest BCUT2D eigenvalue weighted by molar-refractivity contribution is 0.0977. The van der Waals surface area contributed by atoms with Gasteiger partial charge in [0.25, 0.3) is 0 Å². The van der Waals surface area contributed by atoms with Gasteiger partial charge in [0, 0.05) is 41.4 Å². The Hall–Kier alpha value is -2.66. The maximum Gasteiger partial charge on any atom is 0.409 e. The van der Waals surface area contributed by atoms with Gasteiger partial charge in [0.2, 0.25) is 0 Å². The zero-order chi connectivity index (χ0) is 25.4. The molecule has 3 aromatic carbocycles. The van der Waals surface area contributed by atoms with E-state index in [1.54, 1.807) is 17.9 Å². The molecule has 0 atom stereocenters. The van der Waals surface area contributed by atoms with Gasteiger partial charge in [0.05, 0.1) is 0 Å². The van der Waals surface area contributed by atoms with Gasteiger partial charge in [-0.2, -0.15) is 8.42 Å². The van der Waals surface area contributed by atoms with Crippen LogP contribution in [0.25, 0.3) is 11.1 Å². The molecule has 9 heteroatoms. The quantitative estimate of drug-likeness (QED) is 0.280. The van der Waals surface area contributed by atoms with E-state index < -0.39 is 16.0 Å². The molecule has 1 aliphatic carbocycles. The summed E-state index contributed by atoms with van der Waals surface area (Å²) in [6.07, 6.45) is -0.334. The summed E-state index contributed by atoms with van der Waals surface area (Å²) in [6, 6.07) is 20.2. The number of hydrogen-bond donors (Lipinski definition) is 0. The molecule has 0 spiro atoms. The minimum Gasteiger partial charge on any atom is -0.448 e. The van der Waals surface area contributed by atoms with Crippen molar-refractivity contribution in [3.8, 4) is 11.1 Å². The molecule has 1 heterocycles. The summed E-state index contributed by atoms with van der Waals surface area (Å²) in [4.78, 5) is 16.7. The van der Waals surface area contributed by atoms with Gasteiger partial charge in [-0.15, -0.1) is 3.89 Å². The number of halogens is 2. The molecule has 0 N–H and O–H groups in total. The molecule has 36 heavy (non-hydrogen) atoms. The van der Waals surface area contributed by atoms with Crippen molar-refractivity contribution in [1.29, 1.82) is 0 Å². The number of nitrogens with zero attached hydrogens (tertiary/aromatic N) is 2. The van der Waals surface area contributed by atoms with E-state index in [1.165, 1.54) is 22.3 Å². The molecule has 3 aromatic rings. The third-order valence-corrected chi connectivity index (χ3v) is 8.78. The lowest BCUT2D eigenvalue weighted by Gasteiger charge is -2.36. The van der Waals surface area contributed by atoms with E-state index in [1.807, 2.05) is 30.3 Å². The fraction of sp³-hybridized carbons (Fsp3) is 0.296. The highest BCUT2D eigenvalue weighted by atomic mass is 127. The van der Waals surface area contributed by atoms with E-state index in [0.29, 0.717) is 31.7 Å². The molecular weight excluding hydrogens is 594 g/mol. The molecule has 188 valence electrons. The largest absolute Gasteiger partial charge is 0.448 e. The number of carbonyl (C=O) groups is 1. The average molecular weight is 620 g/mol. The van der Waals surface area contributed by atoms with E-state index in [2.05, 4.69) is 51.8 Å². The normalized spacial score (nSPS) is 15.5. The second-order valence-electron chi connectivity index (χ2n) is 9.17. The number of rotatable bonds is 5. The van der Waals surface area contributed by atoms with Crippen LogP contribution >= 0.6 is 22.6 Å². The number of carbonyl (C=O) groups excluding carboxylic acids is 1. The lowest BCUT2D eigenvalue weighted by Crippen LogP contribution is -2.49. The maximum atomic E-state index is 13.3. The SMILES string of the molecule is Cc1c(I)cc(N2CCN(C(=O)OCC3c4ccccc4-c4ccccc43)CC2)cc1CS(=O)(=O)F. The van der Waals surface area contributed by atoms with Gasteiger partial charge in [-0.05, 0) is 75.0 Å². The molecule has 0 aromatic heterocycles. The molecule has 5 rings (SSSR count). The number of hydrogen-bond acceptors (Lipinski definition) is 5. The summed E-state index contributed by atoms with van der Waals surface area (Å²) in [6.45, 7) is 4.19. The van der Waals surface area contributed by atoms with E-state index >= 15 is 0 Å². The summed E-state index contributed by atoms with van der Waals surface area (Å²) < 4.78 is 42.5. The van der Waals surface area contributed by atoms with Crippen molar-refractivity contribution < 1.29 is 21.8 Å². The third kappa shape index (κ3) is 5.08. The minimum absolute atomic E-state index is 0.0162. The smallest absolute Gasteiger partial charge is 0.409 e. The second kappa shape index (κ2) is 10.0. The number of ether oxygens (including phenoxy) is 1. The van der Waals surface area contributed by atoms with Crippen LogP contribution in [0.5, 0.6) is 0 Å². The molecule has 1 saturated heterocycles. The Morgan fingerprint density at radius 3 is 2.17 bits per heavy atom. The van der Waals surface area contributed by atoms with Gasteiger partial charge >= 0.3 is 16.3 Å². The first-order chi connectivity index (χ1) is 17.2. The Morgan fingerprint density at radius 1 is 1.00 bits per heavy atom. The standard InChI is InChI=1S/C27H26FIN2O4S/c1-18-19(17-36(28,33)34)14-20(15-26(18)29)30-10-12-31(13-11-30)27(32)35-16-25-23-8-4-2-6-21(23)22-7-3-5-9-24(22)25/h2-9,14-15,25H,10-13,16-17H2,1H3. The summed E-state index contributed by atoms with van der Waals surface area (Å²) in [5, 5.41) is 0. The second-order valence-corrected chi connectivity index (χ2v) is 11.7. The zero-order valence-electron chi connectivity index (χ0n) is 19.8. The van der Waals surface area contributed by atoms with Crippen molar-refractivity contribution in [3.63, 3.8) is 0 Å². The number of amides is 1. The first-order valence-electron chi connectivity index (χ1n) is 11.8. The van der Waals surface area contributed by atoms with Crippen LogP contribution < -0.4 is 4.90 Å². The Morgan fingerprint density at radius 2 is 1.58 bits per heavy atom. The first-order valence-corrected chi connectivity index (χ1v) is 14.4. The molecule has 0 unspecified atom stereocenters. The highest BCUT2D eigenvalue weighted by Crippen LogP contribution is 2.44. The molecule has 6 nitrogen and oxygen atoms in total. The van der Waals surface area contributed by atoms with Crippen LogP contribution in [-0.4, -0.2) is 52.2 Å². The summed E-state index contributed by atoms with van der Waals surface area (Å²) in [5.74, 6) is -0.620.